The molecule has 0 aromatic heterocycles. The van der Waals surface area contributed by atoms with E-state index in [1.807, 2.05) is 0 Å². The Kier molecular flexibility index (Phi) is 6.40. The van der Waals surface area contributed by atoms with Gasteiger partial charge in [-0.2, -0.15) is 39.5 Å². The summed E-state index contributed by atoms with van der Waals surface area (Å²) in [7, 11) is 0. The van der Waals surface area contributed by atoms with Crippen molar-refractivity contribution < 1.29 is 49.5 Å². The second-order valence-corrected chi connectivity index (χ2v) is 7.64. The molecule has 1 heterocycles. The first-order valence-corrected chi connectivity index (χ1v) is 9.46. The predicted molar refractivity (Wildman–Crippen MR) is 98.3 cm³/mol. The van der Waals surface area contributed by atoms with Gasteiger partial charge in [-0.3, -0.25) is 0 Å². The van der Waals surface area contributed by atoms with Gasteiger partial charge in [0.1, 0.15) is 0 Å². The summed E-state index contributed by atoms with van der Waals surface area (Å²) in [6, 6.07) is 2.30. The van der Waals surface area contributed by atoms with Crippen LogP contribution in [0.2, 0.25) is 5.02 Å². The molecule has 3 rings (SSSR count). The first-order valence-electron chi connectivity index (χ1n) is 9.08. The molecule has 1 aliphatic rings. The minimum absolute atomic E-state index is 0.0759. The number of nitrogens with zero attached hydrogens (tertiary/aromatic N) is 1. The lowest BCUT2D eigenvalue weighted by atomic mass is 9.85. The van der Waals surface area contributed by atoms with E-state index >= 15 is 0 Å². The summed E-state index contributed by atoms with van der Waals surface area (Å²) in [4.78, 5) is 5.02. The minimum atomic E-state index is -5.12. The lowest BCUT2D eigenvalue weighted by molar-refractivity contribution is -0.143. The maximum atomic E-state index is 13.6. The highest BCUT2D eigenvalue weighted by atomic mass is 35.5. The first-order chi connectivity index (χ1) is 15.1. The van der Waals surface area contributed by atoms with E-state index in [0.29, 0.717) is 18.2 Å². The Morgan fingerprint density at radius 2 is 1.45 bits per heavy atom. The number of hydrogen-bond donors (Lipinski definition) is 1. The normalized spacial score (nSPS) is 19.5. The molecule has 0 spiro atoms. The van der Waals surface area contributed by atoms with Crippen LogP contribution in [0.4, 0.5) is 39.5 Å². The van der Waals surface area contributed by atoms with Crippen molar-refractivity contribution in [2.75, 3.05) is 0 Å². The van der Waals surface area contributed by atoms with Gasteiger partial charge in [-0.15, -0.1) is 0 Å². The maximum absolute atomic E-state index is 13.6. The van der Waals surface area contributed by atoms with Gasteiger partial charge in [0.05, 0.1) is 29.0 Å². The predicted octanol–water partition coefficient (Wildman–Crippen LogP) is 7.00. The van der Waals surface area contributed by atoms with Crippen molar-refractivity contribution in [3.63, 3.8) is 0 Å². The monoisotopic (exact) mass is 505 g/mol. The Morgan fingerprint density at radius 1 is 0.909 bits per heavy atom. The number of oxime groups is 1. The van der Waals surface area contributed by atoms with Crippen LogP contribution in [-0.4, -0.2) is 10.8 Å². The number of hydrogen-bond acceptors (Lipinski definition) is 3. The molecule has 0 saturated carbocycles. The van der Waals surface area contributed by atoms with Crippen LogP contribution < -0.4 is 0 Å². The Balaban J connectivity index is 2.13. The van der Waals surface area contributed by atoms with Crippen molar-refractivity contribution in [3.8, 4) is 0 Å². The van der Waals surface area contributed by atoms with Crippen molar-refractivity contribution in [3.05, 3.63) is 68.7 Å². The molecule has 0 radical (unpaired) electrons. The van der Waals surface area contributed by atoms with Crippen molar-refractivity contribution in [1.82, 2.24) is 0 Å². The zero-order valence-electron chi connectivity index (χ0n) is 16.3. The first kappa shape index (κ1) is 25.2. The van der Waals surface area contributed by atoms with E-state index in [1.54, 1.807) is 0 Å². The molecule has 2 unspecified atom stereocenters. The molecule has 180 valence electrons. The molecular weight excluding hydrogens is 493 g/mol. The topological polar surface area (TPSA) is 41.8 Å². The summed E-state index contributed by atoms with van der Waals surface area (Å²) >= 11 is 5.90. The SMILES string of the molecule is CC1C(c2c(C(F)(F)F)ccc(Cl)c2CO)=NOC1c1cc(C(F)(F)F)cc(C(F)(F)F)c1. The minimum Gasteiger partial charge on any atom is -0.392 e. The standard InChI is InChI=1S/C20H13ClF9NO2/c1-8-16(15-12(7-32)14(21)3-2-13(15)20(28,29)30)31-33-17(8)9-4-10(18(22,23)24)6-11(5-9)19(25,26)27/h2-6,8,17,32H,7H2,1H3. The summed E-state index contributed by atoms with van der Waals surface area (Å²) in [6.45, 7) is 0.294. The van der Waals surface area contributed by atoms with Gasteiger partial charge < -0.3 is 9.94 Å². The van der Waals surface area contributed by atoms with Crippen LogP contribution in [0.1, 0.15) is 46.4 Å². The van der Waals surface area contributed by atoms with Crippen LogP contribution in [0.3, 0.4) is 0 Å². The third kappa shape index (κ3) is 4.91. The third-order valence-corrected chi connectivity index (χ3v) is 5.42. The number of alkyl halides is 9. The highest BCUT2D eigenvalue weighted by molar-refractivity contribution is 6.32. The fourth-order valence-corrected chi connectivity index (χ4v) is 3.72. The summed E-state index contributed by atoms with van der Waals surface area (Å²) in [5.74, 6) is -1.22. The number of aliphatic hydroxyl groups is 1. The van der Waals surface area contributed by atoms with Gasteiger partial charge in [0.25, 0.3) is 0 Å². The molecular formula is C20H13ClF9NO2. The molecule has 0 amide bonds. The summed E-state index contributed by atoms with van der Waals surface area (Å²) in [6.07, 6.45) is -16.7. The van der Waals surface area contributed by atoms with E-state index in [2.05, 4.69) is 5.16 Å². The lowest BCUT2D eigenvalue weighted by Crippen LogP contribution is -2.22. The van der Waals surface area contributed by atoms with E-state index in [1.165, 1.54) is 6.92 Å². The van der Waals surface area contributed by atoms with Gasteiger partial charge in [-0.25, -0.2) is 0 Å². The van der Waals surface area contributed by atoms with Crippen LogP contribution in [0.5, 0.6) is 0 Å². The second-order valence-electron chi connectivity index (χ2n) is 7.23. The van der Waals surface area contributed by atoms with Gasteiger partial charge in [-0.05, 0) is 35.9 Å². The molecule has 0 bridgehead atoms. The van der Waals surface area contributed by atoms with Gasteiger partial charge in [0, 0.05) is 22.1 Å². The molecule has 2 atom stereocenters. The molecule has 2 aromatic carbocycles. The zero-order chi connectivity index (χ0) is 24.9. The summed E-state index contributed by atoms with van der Waals surface area (Å²) in [5, 5.41) is 12.9. The highest BCUT2D eigenvalue weighted by Gasteiger charge is 2.43. The van der Waals surface area contributed by atoms with Crippen LogP contribution in [0, 0.1) is 5.92 Å². The van der Waals surface area contributed by atoms with Gasteiger partial charge in [0.2, 0.25) is 0 Å². The smallest absolute Gasteiger partial charge is 0.392 e. The molecule has 2 aromatic rings. The molecule has 0 aliphatic carbocycles. The molecule has 0 saturated heterocycles. The third-order valence-electron chi connectivity index (χ3n) is 5.06. The van der Waals surface area contributed by atoms with Crippen LogP contribution in [-0.2, 0) is 30.0 Å². The largest absolute Gasteiger partial charge is 0.417 e. The number of aliphatic hydroxyl groups excluding tert-OH is 1. The van der Waals surface area contributed by atoms with Crippen molar-refractivity contribution in [2.45, 2.75) is 38.2 Å². The fraction of sp³-hybridized carbons (Fsp3) is 0.350. The molecule has 1 N–H and O–H groups in total. The maximum Gasteiger partial charge on any atom is 0.417 e. The Hall–Kier alpha value is -2.47. The average Bonchev–Trinajstić information content (AvgIpc) is 3.06. The van der Waals surface area contributed by atoms with E-state index in [4.69, 9.17) is 16.4 Å². The number of halogens is 10. The fourth-order valence-electron chi connectivity index (χ4n) is 3.50. The Bertz CT molecular complexity index is 1060. The van der Waals surface area contributed by atoms with Crippen LogP contribution >= 0.6 is 11.6 Å². The lowest BCUT2D eigenvalue weighted by Gasteiger charge is -2.21. The molecule has 1 aliphatic heterocycles. The Labute approximate surface area is 185 Å². The van der Waals surface area contributed by atoms with Crippen molar-refractivity contribution >= 4 is 17.3 Å². The quantitative estimate of drug-likeness (QED) is 0.456. The van der Waals surface area contributed by atoms with Gasteiger partial charge >= 0.3 is 18.5 Å². The van der Waals surface area contributed by atoms with Gasteiger partial charge in [-0.1, -0.05) is 23.7 Å². The van der Waals surface area contributed by atoms with Crippen LogP contribution in [0.25, 0.3) is 0 Å². The van der Waals surface area contributed by atoms with Crippen molar-refractivity contribution in [1.29, 1.82) is 0 Å². The number of rotatable bonds is 3. The molecule has 33 heavy (non-hydrogen) atoms. The van der Waals surface area contributed by atoms with E-state index in [9.17, 15) is 44.6 Å². The average molecular weight is 506 g/mol. The van der Waals surface area contributed by atoms with Crippen LogP contribution in [0.15, 0.2) is 35.5 Å². The summed E-state index contributed by atoms with van der Waals surface area (Å²) in [5.41, 5.74) is -6.46. The second kappa shape index (κ2) is 8.39. The Morgan fingerprint density at radius 3 is 1.91 bits per heavy atom. The molecule has 13 heteroatoms. The number of benzene rings is 2. The van der Waals surface area contributed by atoms with E-state index in [0.717, 1.165) is 6.07 Å². The summed E-state index contributed by atoms with van der Waals surface area (Å²) < 4.78 is 120. The molecule has 0 fully saturated rings. The zero-order valence-corrected chi connectivity index (χ0v) is 17.1. The van der Waals surface area contributed by atoms with Gasteiger partial charge in [0.15, 0.2) is 6.10 Å². The van der Waals surface area contributed by atoms with E-state index < -0.39 is 70.7 Å². The highest BCUT2D eigenvalue weighted by Crippen LogP contribution is 2.44. The molecule has 3 nitrogen and oxygen atoms in total. The van der Waals surface area contributed by atoms with Crippen molar-refractivity contribution in [2.24, 2.45) is 11.1 Å². The van der Waals surface area contributed by atoms with E-state index in [-0.39, 0.29) is 16.7 Å².